The van der Waals surface area contributed by atoms with Crippen molar-refractivity contribution in [1.82, 2.24) is 0 Å². The number of hydrogen-bond donors (Lipinski definition) is 2. The number of sulfonamides is 1. The van der Waals surface area contributed by atoms with Crippen LogP contribution < -0.4 is 10.5 Å². The molecule has 0 unspecified atom stereocenters. The molecule has 0 radical (unpaired) electrons. The molecule has 1 aromatic rings. The zero-order valence-corrected chi connectivity index (χ0v) is 12.5. The van der Waals surface area contributed by atoms with Gasteiger partial charge in [0.1, 0.15) is 0 Å². The van der Waals surface area contributed by atoms with Gasteiger partial charge in [0.25, 0.3) is 0 Å². The number of nitrogens with one attached hydrogen (secondary N) is 1. The van der Waals surface area contributed by atoms with Crippen LogP contribution in [-0.4, -0.2) is 31.7 Å². The molecule has 19 heavy (non-hydrogen) atoms. The minimum absolute atomic E-state index is 0.0364. The van der Waals surface area contributed by atoms with Gasteiger partial charge < -0.3 is 5.73 Å². The summed E-state index contributed by atoms with van der Waals surface area (Å²) >= 11 is 6.67. The van der Waals surface area contributed by atoms with Crippen LogP contribution in [0.5, 0.6) is 0 Å². The Morgan fingerprint density at radius 2 is 2.05 bits per heavy atom. The van der Waals surface area contributed by atoms with Gasteiger partial charge in [0, 0.05) is 10.8 Å². The zero-order valence-electron chi connectivity index (χ0n) is 10.1. The Hall–Kier alpha value is -0.920. The Morgan fingerprint density at radius 3 is 2.68 bits per heavy atom. The van der Waals surface area contributed by atoms with Crippen LogP contribution in [0.4, 0.5) is 5.69 Å². The average Bonchev–Trinajstić information content (AvgIpc) is 2.35. The van der Waals surface area contributed by atoms with Crippen molar-refractivity contribution in [3.63, 3.8) is 0 Å². The van der Waals surface area contributed by atoms with Crippen LogP contribution in [0.3, 0.4) is 0 Å². The molecule has 0 saturated carbocycles. The predicted octanol–water partition coefficient (Wildman–Crippen LogP) is 1.63. The molecule has 106 valence electrons. The van der Waals surface area contributed by atoms with Gasteiger partial charge in [0.05, 0.1) is 17.2 Å². The number of carbonyl (C=O) groups is 1. The Balaban J connectivity index is 2.80. The van der Waals surface area contributed by atoms with Crippen LogP contribution >= 0.6 is 23.4 Å². The van der Waals surface area contributed by atoms with E-state index in [4.69, 9.17) is 17.3 Å². The number of nitrogens with two attached hydrogens (primary N) is 1. The standard InChI is InChI=1S/C11H15ClN2O3S2/c12-6-3-7-19(16,17)14-9-4-1-2-5-10(9)18-8-11(13)15/h1-2,4-5,14H,3,6-8H2,(H2,13,15). The molecule has 0 aliphatic carbocycles. The highest BCUT2D eigenvalue weighted by Gasteiger charge is 2.12. The number of para-hydroxylation sites is 1. The van der Waals surface area contributed by atoms with Crippen molar-refractivity contribution < 1.29 is 13.2 Å². The summed E-state index contributed by atoms with van der Waals surface area (Å²) in [5.74, 6) is -0.102. The fourth-order valence-corrected chi connectivity index (χ4v) is 3.53. The summed E-state index contributed by atoms with van der Waals surface area (Å²) in [5, 5.41) is 0. The van der Waals surface area contributed by atoms with Crippen LogP contribution in [0.25, 0.3) is 0 Å². The molecule has 5 nitrogen and oxygen atoms in total. The second-order valence-corrected chi connectivity index (χ2v) is 6.95. The van der Waals surface area contributed by atoms with E-state index in [1.807, 2.05) is 0 Å². The Bertz CT molecular complexity index is 534. The molecular formula is C11H15ClN2O3S2. The number of amides is 1. The molecule has 0 aromatic heterocycles. The van der Waals surface area contributed by atoms with Gasteiger partial charge >= 0.3 is 0 Å². The molecule has 0 saturated heterocycles. The number of rotatable bonds is 8. The fourth-order valence-electron chi connectivity index (χ4n) is 1.29. The van der Waals surface area contributed by atoms with Gasteiger partial charge in [-0.2, -0.15) is 0 Å². The third kappa shape index (κ3) is 6.17. The lowest BCUT2D eigenvalue weighted by Crippen LogP contribution is -2.18. The van der Waals surface area contributed by atoms with Crippen molar-refractivity contribution >= 4 is 45.0 Å². The maximum Gasteiger partial charge on any atom is 0.232 e. The van der Waals surface area contributed by atoms with Crippen molar-refractivity contribution in [2.45, 2.75) is 11.3 Å². The summed E-state index contributed by atoms with van der Waals surface area (Å²) < 4.78 is 26.0. The lowest BCUT2D eigenvalue weighted by Gasteiger charge is -2.11. The van der Waals surface area contributed by atoms with Gasteiger partial charge in [-0.25, -0.2) is 8.42 Å². The first-order valence-corrected chi connectivity index (χ1v) is 8.68. The van der Waals surface area contributed by atoms with Crippen LogP contribution in [0, 0.1) is 0 Å². The smallest absolute Gasteiger partial charge is 0.232 e. The van der Waals surface area contributed by atoms with Crippen molar-refractivity contribution in [2.24, 2.45) is 5.73 Å². The quantitative estimate of drug-likeness (QED) is 0.562. The number of hydrogen-bond acceptors (Lipinski definition) is 4. The third-order valence-corrected chi connectivity index (χ3v) is 4.79. The molecule has 0 aliphatic heterocycles. The Labute approximate surface area is 121 Å². The van der Waals surface area contributed by atoms with Crippen molar-refractivity contribution in [2.75, 3.05) is 22.1 Å². The second kappa shape index (κ2) is 7.62. The van der Waals surface area contributed by atoms with E-state index in [-0.39, 0.29) is 11.5 Å². The lowest BCUT2D eigenvalue weighted by molar-refractivity contribution is -0.115. The first-order valence-electron chi connectivity index (χ1n) is 5.51. The molecule has 1 amide bonds. The number of halogens is 1. The normalized spacial score (nSPS) is 11.2. The zero-order chi connectivity index (χ0) is 14.3. The number of alkyl halides is 1. The molecule has 0 fully saturated rings. The number of thioether (sulfide) groups is 1. The van der Waals surface area contributed by atoms with E-state index in [2.05, 4.69) is 4.72 Å². The lowest BCUT2D eigenvalue weighted by atomic mass is 10.3. The molecule has 0 atom stereocenters. The summed E-state index contributed by atoms with van der Waals surface area (Å²) in [6.45, 7) is 0. The molecule has 0 aliphatic rings. The van der Waals surface area contributed by atoms with Crippen molar-refractivity contribution in [3.8, 4) is 0 Å². The van der Waals surface area contributed by atoms with E-state index in [0.29, 0.717) is 22.9 Å². The highest BCUT2D eigenvalue weighted by Crippen LogP contribution is 2.27. The second-order valence-electron chi connectivity index (χ2n) is 3.71. The van der Waals surface area contributed by atoms with Gasteiger partial charge in [-0.3, -0.25) is 9.52 Å². The average molecular weight is 323 g/mol. The molecule has 0 bridgehead atoms. The largest absolute Gasteiger partial charge is 0.369 e. The highest BCUT2D eigenvalue weighted by molar-refractivity contribution is 8.00. The summed E-state index contributed by atoms with van der Waals surface area (Å²) in [5.41, 5.74) is 5.52. The summed E-state index contributed by atoms with van der Waals surface area (Å²) in [6.07, 6.45) is 0.382. The van der Waals surface area contributed by atoms with Gasteiger partial charge in [-0.05, 0) is 18.6 Å². The van der Waals surface area contributed by atoms with E-state index in [1.165, 1.54) is 11.8 Å². The summed E-state index contributed by atoms with van der Waals surface area (Å²) in [6, 6.07) is 6.85. The summed E-state index contributed by atoms with van der Waals surface area (Å²) in [7, 11) is -3.42. The molecule has 3 N–H and O–H groups in total. The van der Waals surface area contributed by atoms with E-state index < -0.39 is 15.9 Å². The Morgan fingerprint density at radius 1 is 1.37 bits per heavy atom. The van der Waals surface area contributed by atoms with Crippen molar-refractivity contribution in [1.29, 1.82) is 0 Å². The SMILES string of the molecule is NC(=O)CSc1ccccc1NS(=O)(=O)CCCCl. The van der Waals surface area contributed by atoms with Gasteiger partial charge in [-0.15, -0.1) is 23.4 Å². The number of primary amides is 1. The number of benzene rings is 1. The van der Waals surface area contributed by atoms with E-state index in [0.717, 1.165) is 0 Å². The minimum Gasteiger partial charge on any atom is -0.369 e. The maximum absolute atomic E-state index is 11.8. The van der Waals surface area contributed by atoms with Gasteiger partial charge in [0.15, 0.2) is 0 Å². The first-order chi connectivity index (χ1) is 8.94. The van der Waals surface area contributed by atoms with Crippen LogP contribution in [0.2, 0.25) is 0 Å². The third-order valence-electron chi connectivity index (χ3n) is 2.07. The topological polar surface area (TPSA) is 89.3 Å². The first kappa shape index (κ1) is 16.1. The molecule has 0 spiro atoms. The predicted molar refractivity (Wildman–Crippen MR) is 79.1 cm³/mol. The van der Waals surface area contributed by atoms with Crippen molar-refractivity contribution in [3.05, 3.63) is 24.3 Å². The van der Waals surface area contributed by atoms with Gasteiger partial charge in [0.2, 0.25) is 15.9 Å². The molecular weight excluding hydrogens is 308 g/mol. The molecule has 0 heterocycles. The van der Waals surface area contributed by atoms with Gasteiger partial charge in [-0.1, -0.05) is 12.1 Å². The van der Waals surface area contributed by atoms with Crippen LogP contribution in [0.15, 0.2) is 29.2 Å². The van der Waals surface area contributed by atoms with Crippen LogP contribution in [-0.2, 0) is 14.8 Å². The Kier molecular flexibility index (Phi) is 6.47. The van der Waals surface area contributed by atoms with E-state index in [9.17, 15) is 13.2 Å². The van der Waals surface area contributed by atoms with E-state index in [1.54, 1.807) is 24.3 Å². The number of carbonyl (C=O) groups excluding carboxylic acids is 1. The number of anilines is 1. The maximum atomic E-state index is 11.8. The molecule has 1 rings (SSSR count). The fraction of sp³-hybridized carbons (Fsp3) is 0.364. The minimum atomic E-state index is -3.42. The summed E-state index contributed by atoms with van der Waals surface area (Å²) in [4.78, 5) is 11.4. The molecule has 8 heteroatoms. The molecule has 1 aromatic carbocycles. The monoisotopic (exact) mass is 322 g/mol. The highest BCUT2D eigenvalue weighted by atomic mass is 35.5. The van der Waals surface area contributed by atoms with E-state index >= 15 is 0 Å². The van der Waals surface area contributed by atoms with Crippen LogP contribution in [0.1, 0.15) is 6.42 Å².